The summed E-state index contributed by atoms with van der Waals surface area (Å²) in [6.45, 7) is 0. The monoisotopic (exact) mass is 355 g/mol. The molecular formula is C23H27F2N. The van der Waals surface area contributed by atoms with Crippen LogP contribution in [0.15, 0.2) is 48.3 Å². The summed E-state index contributed by atoms with van der Waals surface area (Å²) in [6, 6.07) is 8.56. The fourth-order valence-electron chi connectivity index (χ4n) is 4.44. The van der Waals surface area contributed by atoms with Crippen molar-refractivity contribution < 1.29 is 8.78 Å². The maximum absolute atomic E-state index is 13.1. The Morgan fingerprint density at radius 3 is 1.88 bits per heavy atom. The fourth-order valence-corrected chi connectivity index (χ4v) is 4.44. The van der Waals surface area contributed by atoms with Crippen LogP contribution in [0.1, 0.15) is 62.8 Å². The Labute approximate surface area is 155 Å². The zero-order valence-corrected chi connectivity index (χ0v) is 15.2. The minimum Gasteiger partial charge on any atom is -0.207 e. The molecule has 3 rings (SSSR count). The molecule has 0 bridgehead atoms. The second kappa shape index (κ2) is 9.12. The van der Waals surface area contributed by atoms with Gasteiger partial charge in [-0.05, 0) is 98.8 Å². The molecule has 0 unspecified atom stereocenters. The average molecular weight is 355 g/mol. The highest BCUT2D eigenvalue weighted by Crippen LogP contribution is 2.37. The molecule has 1 aromatic rings. The molecule has 0 heterocycles. The molecule has 2 aliphatic carbocycles. The van der Waals surface area contributed by atoms with E-state index >= 15 is 0 Å². The largest absolute Gasteiger partial charge is 0.207 e. The van der Waals surface area contributed by atoms with Crippen LogP contribution in [0.25, 0.3) is 0 Å². The van der Waals surface area contributed by atoms with Gasteiger partial charge in [-0.3, -0.25) is 0 Å². The summed E-state index contributed by atoms with van der Waals surface area (Å²) >= 11 is 0. The van der Waals surface area contributed by atoms with Crippen molar-refractivity contribution >= 4 is 0 Å². The van der Waals surface area contributed by atoms with Gasteiger partial charge in [-0.25, -0.2) is 4.39 Å². The van der Waals surface area contributed by atoms with Gasteiger partial charge < -0.3 is 0 Å². The first-order valence-electron chi connectivity index (χ1n) is 9.85. The van der Waals surface area contributed by atoms with Crippen LogP contribution in [-0.2, 0) is 0 Å². The first-order chi connectivity index (χ1) is 12.6. The highest BCUT2D eigenvalue weighted by molar-refractivity contribution is 5.21. The number of nitrogens with zero attached hydrogens (tertiary/aromatic N) is 1. The van der Waals surface area contributed by atoms with Crippen molar-refractivity contribution in [2.24, 2.45) is 17.8 Å². The molecule has 0 aromatic heterocycles. The Kier molecular flexibility index (Phi) is 6.61. The lowest BCUT2D eigenvalue weighted by atomic mass is 9.77. The van der Waals surface area contributed by atoms with Crippen LogP contribution in [0.5, 0.6) is 0 Å². The lowest BCUT2D eigenvalue weighted by Gasteiger charge is -2.28. The average Bonchev–Trinajstić information content (AvgIpc) is 2.68. The number of halogens is 2. The number of allylic oxidation sites excluding steroid dienone is 4. The number of nitriles is 1. The van der Waals surface area contributed by atoms with Gasteiger partial charge in [0.05, 0.1) is 0 Å². The van der Waals surface area contributed by atoms with E-state index in [4.69, 9.17) is 5.26 Å². The number of hydrogen-bond donors (Lipinski definition) is 0. The molecule has 3 heteroatoms. The Bertz CT molecular complexity index is 667. The topological polar surface area (TPSA) is 23.8 Å². The predicted molar refractivity (Wildman–Crippen MR) is 100 cm³/mol. The van der Waals surface area contributed by atoms with Gasteiger partial charge in [-0.15, -0.1) is 0 Å². The van der Waals surface area contributed by atoms with Crippen LogP contribution < -0.4 is 0 Å². The predicted octanol–water partition coefficient (Wildman–Crippen LogP) is 6.84. The molecule has 0 N–H and O–H groups in total. The summed E-state index contributed by atoms with van der Waals surface area (Å²) < 4.78 is 26.1. The van der Waals surface area contributed by atoms with E-state index in [-0.39, 0.29) is 11.7 Å². The van der Waals surface area contributed by atoms with Gasteiger partial charge >= 0.3 is 0 Å². The van der Waals surface area contributed by atoms with Gasteiger partial charge in [0.15, 0.2) is 5.83 Å². The lowest BCUT2D eigenvalue weighted by molar-refractivity contribution is 0.346. The van der Waals surface area contributed by atoms with E-state index in [9.17, 15) is 8.78 Å². The molecule has 0 atom stereocenters. The Morgan fingerprint density at radius 1 is 0.846 bits per heavy atom. The minimum atomic E-state index is -0.637. The van der Waals surface area contributed by atoms with Crippen LogP contribution in [0, 0.1) is 34.9 Å². The summed E-state index contributed by atoms with van der Waals surface area (Å²) in [5, 5.41) is 8.53. The molecule has 1 aromatic carbocycles. The van der Waals surface area contributed by atoms with E-state index in [1.807, 2.05) is 12.1 Å². The van der Waals surface area contributed by atoms with Crippen molar-refractivity contribution in [2.75, 3.05) is 0 Å². The molecular weight excluding hydrogens is 328 g/mol. The van der Waals surface area contributed by atoms with Crippen LogP contribution >= 0.6 is 0 Å². The quantitative estimate of drug-likeness (QED) is 0.428. The third-order valence-corrected chi connectivity index (χ3v) is 6.07. The second-order valence-corrected chi connectivity index (χ2v) is 7.85. The van der Waals surface area contributed by atoms with Crippen LogP contribution in [0.3, 0.4) is 0 Å². The van der Waals surface area contributed by atoms with Crippen molar-refractivity contribution in [1.82, 2.24) is 0 Å². The number of benzene rings is 1. The SMILES string of the molecule is N#CC(F)=CC1CCC(C=CC2CCC(c3ccc(F)cc3)CC2)CC1. The van der Waals surface area contributed by atoms with Crippen LogP contribution in [-0.4, -0.2) is 0 Å². The van der Waals surface area contributed by atoms with E-state index in [0.29, 0.717) is 17.8 Å². The first-order valence-corrected chi connectivity index (χ1v) is 9.85. The smallest absolute Gasteiger partial charge is 0.196 e. The summed E-state index contributed by atoms with van der Waals surface area (Å²) in [5.74, 6) is 1.25. The van der Waals surface area contributed by atoms with Crippen LogP contribution in [0.4, 0.5) is 8.78 Å². The van der Waals surface area contributed by atoms with E-state index < -0.39 is 5.83 Å². The lowest BCUT2D eigenvalue weighted by Crippen LogP contribution is -2.14. The molecule has 0 spiro atoms. The molecule has 1 nitrogen and oxygen atoms in total. The van der Waals surface area contributed by atoms with Crippen molar-refractivity contribution in [3.8, 4) is 6.07 Å². The van der Waals surface area contributed by atoms with E-state index in [1.165, 1.54) is 37.3 Å². The van der Waals surface area contributed by atoms with Gasteiger partial charge in [-0.1, -0.05) is 24.3 Å². The summed E-state index contributed by atoms with van der Waals surface area (Å²) in [4.78, 5) is 0. The molecule has 0 aliphatic heterocycles. The second-order valence-electron chi connectivity index (χ2n) is 7.85. The Balaban J connectivity index is 1.42. The molecule has 2 aliphatic rings. The fraction of sp³-hybridized carbons (Fsp3) is 0.522. The van der Waals surface area contributed by atoms with Crippen molar-refractivity contribution in [3.05, 3.63) is 59.7 Å². The third-order valence-electron chi connectivity index (χ3n) is 6.07. The van der Waals surface area contributed by atoms with E-state index in [0.717, 1.165) is 25.7 Å². The molecule has 26 heavy (non-hydrogen) atoms. The van der Waals surface area contributed by atoms with Gasteiger partial charge in [0.1, 0.15) is 11.9 Å². The maximum Gasteiger partial charge on any atom is 0.196 e. The third kappa shape index (κ3) is 5.27. The van der Waals surface area contributed by atoms with Crippen molar-refractivity contribution in [2.45, 2.75) is 57.3 Å². The summed E-state index contributed by atoms with van der Waals surface area (Å²) in [6.07, 6.45) is 15.1. The van der Waals surface area contributed by atoms with Gasteiger partial charge in [0.2, 0.25) is 0 Å². The van der Waals surface area contributed by atoms with Gasteiger partial charge in [0, 0.05) is 0 Å². The zero-order valence-electron chi connectivity index (χ0n) is 15.2. The zero-order chi connectivity index (χ0) is 18.4. The van der Waals surface area contributed by atoms with Gasteiger partial charge in [-0.2, -0.15) is 9.65 Å². The van der Waals surface area contributed by atoms with E-state index in [1.54, 1.807) is 18.2 Å². The number of hydrogen-bond acceptors (Lipinski definition) is 1. The Hall–Kier alpha value is -1.95. The minimum absolute atomic E-state index is 0.161. The van der Waals surface area contributed by atoms with Crippen molar-refractivity contribution in [3.63, 3.8) is 0 Å². The van der Waals surface area contributed by atoms with Crippen LogP contribution in [0.2, 0.25) is 0 Å². The normalized spacial score (nSPS) is 30.3. The maximum atomic E-state index is 13.1. The number of rotatable bonds is 4. The summed E-state index contributed by atoms with van der Waals surface area (Å²) in [5.41, 5.74) is 1.27. The summed E-state index contributed by atoms with van der Waals surface area (Å²) in [7, 11) is 0. The molecule has 0 saturated heterocycles. The standard InChI is InChI=1S/C23H27F2N/c24-22-13-11-21(12-14-22)20-9-7-18(8-10-20)2-1-17-3-5-19(6-4-17)15-23(25)16-26/h1-2,11-15,17-20H,3-10H2. The Morgan fingerprint density at radius 2 is 1.35 bits per heavy atom. The first kappa shape index (κ1) is 18.8. The van der Waals surface area contributed by atoms with E-state index in [2.05, 4.69) is 12.2 Å². The molecule has 138 valence electrons. The molecule has 2 saturated carbocycles. The van der Waals surface area contributed by atoms with Gasteiger partial charge in [0.25, 0.3) is 0 Å². The highest BCUT2D eigenvalue weighted by Gasteiger charge is 2.22. The molecule has 2 fully saturated rings. The highest BCUT2D eigenvalue weighted by atomic mass is 19.1. The molecule has 0 amide bonds. The van der Waals surface area contributed by atoms with Crippen molar-refractivity contribution in [1.29, 1.82) is 5.26 Å². The molecule has 0 radical (unpaired) electrons.